The first-order chi connectivity index (χ1) is 13.2. The molecule has 2 rings (SSSR count). The van der Waals surface area contributed by atoms with Gasteiger partial charge in [0.05, 0.1) is 12.2 Å². The number of carbonyl (C=O) groups excluding carboxylic acids is 1. The second-order valence-corrected chi connectivity index (χ2v) is 6.34. The summed E-state index contributed by atoms with van der Waals surface area (Å²) in [6, 6.07) is 11.7. The molecule has 0 aromatic heterocycles. The summed E-state index contributed by atoms with van der Waals surface area (Å²) >= 11 is 0. The van der Waals surface area contributed by atoms with E-state index >= 15 is 0 Å². The molecule has 0 fully saturated rings. The summed E-state index contributed by atoms with van der Waals surface area (Å²) in [5.74, 6) is 0.802. The Labute approximate surface area is 162 Å². The van der Waals surface area contributed by atoms with Crippen LogP contribution in [-0.4, -0.2) is 38.7 Å². The van der Waals surface area contributed by atoms with Crippen molar-refractivity contribution in [2.24, 2.45) is 0 Å². The summed E-state index contributed by atoms with van der Waals surface area (Å²) in [4.78, 5) is 13.0. The molecule has 0 bridgehead atoms. The Bertz CT molecular complexity index is 777. The molecule has 2 aromatic carbocycles. The van der Waals surface area contributed by atoms with Crippen LogP contribution in [0.5, 0.6) is 11.5 Å². The van der Waals surface area contributed by atoms with E-state index in [1.807, 2.05) is 6.07 Å². The largest absolute Gasteiger partial charge is 0.494 e. The summed E-state index contributed by atoms with van der Waals surface area (Å²) in [5, 5.41) is 3.16. The number of nitrogens with zero attached hydrogens (tertiary/aromatic N) is 1. The molecule has 2 aromatic rings. The second kappa shape index (κ2) is 9.45. The lowest BCUT2D eigenvalue weighted by Gasteiger charge is -2.18. The highest BCUT2D eigenvalue weighted by molar-refractivity contribution is 5.70. The monoisotopic (exact) mass is 396 g/mol. The van der Waals surface area contributed by atoms with Crippen molar-refractivity contribution in [3.8, 4) is 11.5 Å². The number of nitrogens with one attached hydrogen (secondary N) is 1. The minimum atomic E-state index is -4.36. The fourth-order valence-corrected chi connectivity index (χ4v) is 2.50. The molecular formula is C20H23F3N2O3. The van der Waals surface area contributed by atoms with Crippen LogP contribution in [0.15, 0.2) is 48.5 Å². The van der Waals surface area contributed by atoms with Gasteiger partial charge in [-0.2, -0.15) is 13.2 Å². The molecule has 28 heavy (non-hydrogen) atoms. The molecule has 1 unspecified atom stereocenters. The zero-order valence-electron chi connectivity index (χ0n) is 15.9. The molecule has 0 saturated heterocycles. The van der Waals surface area contributed by atoms with Crippen LogP contribution in [0.1, 0.15) is 23.6 Å². The predicted octanol–water partition coefficient (Wildman–Crippen LogP) is 4.50. The van der Waals surface area contributed by atoms with Crippen molar-refractivity contribution in [2.75, 3.05) is 27.7 Å². The zero-order chi connectivity index (χ0) is 20.7. The van der Waals surface area contributed by atoms with E-state index in [1.54, 1.807) is 39.3 Å². The zero-order valence-corrected chi connectivity index (χ0v) is 15.9. The van der Waals surface area contributed by atoms with E-state index in [0.29, 0.717) is 24.5 Å². The Morgan fingerprint density at radius 2 is 1.79 bits per heavy atom. The molecule has 0 aliphatic rings. The van der Waals surface area contributed by atoms with Crippen LogP contribution in [0.4, 0.5) is 18.0 Å². The summed E-state index contributed by atoms with van der Waals surface area (Å²) in [6.07, 6.45) is -4.26. The molecule has 0 radical (unpaired) electrons. The first-order valence-corrected chi connectivity index (χ1v) is 8.67. The first kappa shape index (κ1) is 21.6. The average Bonchev–Trinajstić information content (AvgIpc) is 2.65. The van der Waals surface area contributed by atoms with Gasteiger partial charge in [0, 0.05) is 26.6 Å². The maximum Gasteiger partial charge on any atom is 0.416 e. The van der Waals surface area contributed by atoms with E-state index < -0.39 is 17.8 Å². The van der Waals surface area contributed by atoms with Gasteiger partial charge in [-0.05, 0) is 49.0 Å². The molecule has 8 heteroatoms. The SMILES string of the molecule is CNC(CCOc1ccc(C(F)(F)F)cc1)c1cccc(OC(=O)N(C)C)c1. The van der Waals surface area contributed by atoms with Gasteiger partial charge in [-0.25, -0.2) is 4.79 Å². The molecule has 1 amide bonds. The highest BCUT2D eigenvalue weighted by atomic mass is 19.4. The lowest BCUT2D eigenvalue weighted by Crippen LogP contribution is -2.25. The van der Waals surface area contributed by atoms with Gasteiger partial charge in [0.1, 0.15) is 11.5 Å². The quantitative estimate of drug-likeness (QED) is 0.749. The predicted molar refractivity (Wildman–Crippen MR) is 99.5 cm³/mol. The number of halogens is 3. The molecule has 1 atom stereocenters. The molecule has 0 spiro atoms. The molecule has 5 nitrogen and oxygen atoms in total. The van der Waals surface area contributed by atoms with Crippen molar-refractivity contribution in [1.29, 1.82) is 0 Å². The van der Waals surface area contributed by atoms with Crippen molar-refractivity contribution in [3.63, 3.8) is 0 Å². The standard InChI is InChI=1S/C20H23F3N2O3/c1-24-18(14-5-4-6-17(13-14)28-19(26)25(2)3)11-12-27-16-9-7-15(8-10-16)20(21,22)23/h4-10,13,18,24H,11-12H2,1-3H3. The van der Waals surface area contributed by atoms with E-state index in [-0.39, 0.29) is 6.04 Å². The highest BCUT2D eigenvalue weighted by Gasteiger charge is 2.30. The van der Waals surface area contributed by atoms with Crippen molar-refractivity contribution in [3.05, 3.63) is 59.7 Å². The molecular weight excluding hydrogens is 373 g/mol. The van der Waals surface area contributed by atoms with Crippen LogP contribution < -0.4 is 14.8 Å². The van der Waals surface area contributed by atoms with Gasteiger partial charge in [0.15, 0.2) is 0 Å². The normalized spacial score (nSPS) is 12.4. The molecule has 0 saturated carbocycles. The van der Waals surface area contributed by atoms with Crippen LogP contribution >= 0.6 is 0 Å². The third-order valence-corrected chi connectivity index (χ3v) is 4.04. The number of hydrogen-bond acceptors (Lipinski definition) is 4. The number of amides is 1. The first-order valence-electron chi connectivity index (χ1n) is 8.67. The lowest BCUT2D eigenvalue weighted by atomic mass is 10.0. The maximum atomic E-state index is 12.6. The van der Waals surface area contributed by atoms with Gasteiger partial charge in [-0.3, -0.25) is 0 Å². The minimum Gasteiger partial charge on any atom is -0.494 e. The van der Waals surface area contributed by atoms with Crippen LogP contribution in [-0.2, 0) is 6.18 Å². The third-order valence-electron chi connectivity index (χ3n) is 4.04. The van der Waals surface area contributed by atoms with Gasteiger partial charge in [0.2, 0.25) is 0 Å². The van der Waals surface area contributed by atoms with Gasteiger partial charge < -0.3 is 19.7 Å². The van der Waals surface area contributed by atoms with Gasteiger partial charge in [-0.15, -0.1) is 0 Å². The Balaban J connectivity index is 1.94. The van der Waals surface area contributed by atoms with E-state index in [0.717, 1.165) is 17.7 Å². The van der Waals surface area contributed by atoms with E-state index in [2.05, 4.69) is 5.32 Å². The van der Waals surface area contributed by atoms with Gasteiger partial charge in [-0.1, -0.05) is 12.1 Å². The van der Waals surface area contributed by atoms with E-state index in [1.165, 1.54) is 17.0 Å². The van der Waals surface area contributed by atoms with Crippen molar-refractivity contribution in [2.45, 2.75) is 18.6 Å². The topological polar surface area (TPSA) is 50.8 Å². The summed E-state index contributed by atoms with van der Waals surface area (Å²) in [6.45, 7) is 0.304. The van der Waals surface area contributed by atoms with Crippen LogP contribution in [0, 0.1) is 0 Å². The number of carbonyl (C=O) groups is 1. The lowest BCUT2D eigenvalue weighted by molar-refractivity contribution is -0.137. The molecule has 0 heterocycles. The molecule has 1 N–H and O–H groups in total. The Morgan fingerprint density at radius 1 is 1.11 bits per heavy atom. The molecule has 0 aliphatic heterocycles. The Morgan fingerprint density at radius 3 is 2.36 bits per heavy atom. The summed E-state index contributed by atoms with van der Waals surface area (Å²) in [7, 11) is 4.99. The van der Waals surface area contributed by atoms with Crippen molar-refractivity contribution >= 4 is 6.09 Å². The summed E-state index contributed by atoms with van der Waals surface area (Å²) in [5.41, 5.74) is 0.194. The Hall–Kier alpha value is -2.74. The number of ether oxygens (including phenoxy) is 2. The van der Waals surface area contributed by atoms with Crippen LogP contribution in [0.2, 0.25) is 0 Å². The number of hydrogen-bond donors (Lipinski definition) is 1. The fraction of sp³-hybridized carbons (Fsp3) is 0.350. The molecule has 0 aliphatic carbocycles. The molecule has 152 valence electrons. The summed E-state index contributed by atoms with van der Waals surface area (Å²) < 4.78 is 48.6. The fourth-order valence-electron chi connectivity index (χ4n) is 2.50. The van der Waals surface area contributed by atoms with Crippen molar-refractivity contribution < 1.29 is 27.4 Å². The van der Waals surface area contributed by atoms with E-state index in [4.69, 9.17) is 9.47 Å². The Kier molecular flexibility index (Phi) is 7.28. The second-order valence-electron chi connectivity index (χ2n) is 6.34. The van der Waals surface area contributed by atoms with Crippen LogP contribution in [0.25, 0.3) is 0 Å². The van der Waals surface area contributed by atoms with Crippen molar-refractivity contribution in [1.82, 2.24) is 10.2 Å². The minimum absolute atomic E-state index is 0.0764. The smallest absolute Gasteiger partial charge is 0.416 e. The number of rotatable bonds is 7. The third kappa shape index (κ3) is 6.16. The van der Waals surface area contributed by atoms with Gasteiger partial charge in [0.25, 0.3) is 0 Å². The maximum absolute atomic E-state index is 12.6. The van der Waals surface area contributed by atoms with Crippen LogP contribution in [0.3, 0.4) is 0 Å². The number of alkyl halides is 3. The van der Waals surface area contributed by atoms with E-state index in [9.17, 15) is 18.0 Å². The van der Waals surface area contributed by atoms with Gasteiger partial charge >= 0.3 is 12.3 Å². The number of benzene rings is 2. The average molecular weight is 396 g/mol. The highest BCUT2D eigenvalue weighted by Crippen LogP contribution is 2.30.